The molecule has 0 atom stereocenters. The van der Waals surface area contributed by atoms with Crippen molar-refractivity contribution in [1.82, 2.24) is 5.10 Å². The molecule has 6 heteroatoms. The second-order valence-electron chi connectivity index (χ2n) is 3.76. The zero-order valence-corrected chi connectivity index (χ0v) is 13.6. The molecule has 1 aromatic carbocycles. The molecule has 2 rings (SSSR count). The SMILES string of the molecule is CC.CC.CCCCNc1n[n+]([O-])c2ccccc2[n+]1[O-]. The van der Waals surface area contributed by atoms with Crippen LogP contribution in [0.1, 0.15) is 47.5 Å². The molecule has 1 aromatic heterocycles. The van der Waals surface area contributed by atoms with Gasteiger partial charge in [0.2, 0.25) is 5.10 Å². The Bertz CT molecular complexity index is 532. The highest BCUT2D eigenvalue weighted by Crippen LogP contribution is 2.05. The van der Waals surface area contributed by atoms with Crippen molar-refractivity contribution in [2.24, 2.45) is 0 Å². The largest absolute Gasteiger partial charge is 0.739 e. The van der Waals surface area contributed by atoms with Gasteiger partial charge in [0.25, 0.3) is 5.52 Å². The predicted octanol–water partition coefficient (Wildman–Crippen LogP) is 2.77. The third kappa shape index (κ3) is 5.06. The molecule has 0 unspecified atom stereocenters. The van der Waals surface area contributed by atoms with Gasteiger partial charge in [0.1, 0.15) is 0 Å². The van der Waals surface area contributed by atoms with Gasteiger partial charge in [-0.05, 0) is 12.5 Å². The third-order valence-electron chi connectivity index (χ3n) is 2.50. The normalized spacial score (nSPS) is 9.19. The number of unbranched alkanes of at least 4 members (excludes halogenated alkanes) is 1. The molecule has 1 N–H and O–H groups in total. The first-order valence-corrected chi connectivity index (χ1v) is 7.60. The first kappa shape index (κ1) is 18.9. The predicted molar refractivity (Wildman–Crippen MR) is 85.8 cm³/mol. The molecule has 0 aliphatic heterocycles. The minimum Gasteiger partial charge on any atom is -0.739 e. The van der Waals surface area contributed by atoms with Crippen molar-refractivity contribution in [2.45, 2.75) is 47.5 Å². The van der Waals surface area contributed by atoms with Crippen LogP contribution >= 0.6 is 0 Å². The molecule has 0 bridgehead atoms. The number of fused-ring (bicyclic) bond motifs is 1. The van der Waals surface area contributed by atoms with E-state index in [2.05, 4.69) is 17.3 Å². The number of nitrogens with one attached hydrogen (secondary N) is 1. The molecule has 118 valence electrons. The highest BCUT2D eigenvalue weighted by molar-refractivity contribution is 5.67. The summed E-state index contributed by atoms with van der Waals surface area (Å²) in [6, 6.07) is 6.58. The summed E-state index contributed by atoms with van der Waals surface area (Å²) in [6.45, 7) is 10.7. The number of nitrogens with zero attached hydrogens (tertiary/aromatic N) is 3. The van der Waals surface area contributed by atoms with Gasteiger partial charge >= 0.3 is 5.95 Å². The van der Waals surface area contributed by atoms with E-state index < -0.39 is 0 Å². The minimum atomic E-state index is 0.0483. The molecule has 0 saturated heterocycles. The second kappa shape index (κ2) is 10.7. The highest BCUT2D eigenvalue weighted by Gasteiger charge is 2.18. The van der Waals surface area contributed by atoms with E-state index in [1.807, 2.05) is 27.7 Å². The molecule has 0 spiro atoms. The van der Waals surface area contributed by atoms with Gasteiger partial charge in [0.05, 0.1) is 6.54 Å². The fourth-order valence-corrected chi connectivity index (χ4v) is 1.58. The first-order valence-electron chi connectivity index (χ1n) is 7.60. The van der Waals surface area contributed by atoms with Gasteiger partial charge in [0, 0.05) is 10.9 Å². The third-order valence-corrected chi connectivity index (χ3v) is 2.50. The molecule has 0 amide bonds. The molecule has 2 aromatic rings. The smallest absolute Gasteiger partial charge is 0.460 e. The fraction of sp³-hybridized carbons (Fsp3) is 0.533. The van der Waals surface area contributed by atoms with E-state index in [-0.39, 0.29) is 11.5 Å². The van der Waals surface area contributed by atoms with Gasteiger partial charge in [-0.1, -0.05) is 53.2 Å². The maximum absolute atomic E-state index is 11.9. The number of rotatable bonds is 4. The van der Waals surface area contributed by atoms with Crippen LogP contribution in [0.2, 0.25) is 0 Å². The first-order chi connectivity index (χ1) is 10.2. The highest BCUT2D eigenvalue weighted by atomic mass is 16.5. The second-order valence-corrected chi connectivity index (χ2v) is 3.76. The van der Waals surface area contributed by atoms with E-state index in [0.29, 0.717) is 21.6 Å². The van der Waals surface area contributed by atoms with Crippen LogP contribution in [0, 0.1) is 10.4 Å². The van der Waals surface area contributed by atoms with Gasteiger partial charge in [-0.15, -0.1) is 0 Å². The quantitative estimate of drug-likeness (QED) is 0.534. The Kier molecular flexibility index (Phi) is 9.58. The number of para-hydroxylation sites is 2. The fourth-order valence-electron chi connectivity index (χ4n) is 1.58. The van der Waals surface area contributed by atoms with Crippen molar-refractivity contribution in [3.05, 3.63) is 34.7 Å². The molecule has 21 heavy (non-hydrogen) atoms. The Morgan fingerprint density at radius 3 is 2.19 bits per heavy atom. The van der Waals surface area contributed by atoms with Gasteiger partial charge in [-0.25, -0.2) is 4.73 Å². The van der Waals surface area contributed by atoms with Gasteiger partial charge in [-0.2, -0.15) is 0 Å². The molecule has 0 saturated carbocycles. The van der Waals surface area contributed by atoms with Gasteiger partial charge in [0.15, 0.2) is 5.52 Å². The number of aromatic nitrogens is 3. The Hall–Kier alpha value is -2.11. The standard InChI is InChI=1S/C11H14N4O2.2C2H6/c1-2-3-8-12-11-13-15(17)10-7-5-4-6-9(10)14(11)16;2*1-2/h4-7H,2-3,8H2,1H3,(H,12,13);2*1-2H3. The van der Waals surface area contributed by atoms with Crippen molar-refractivity contribution in [3.63, 3.8) is 0 Å². The van der Waals surface area contributed by atoms with Crippen LogP contribution in [0.15, 0.2) is 24.3 Å². The van der Waals surface area contributed by atoms with Crippen LogP contribution in [-0.4, -0.2) is 11.6 Å². The van der Waals surface area contributed by atoms with Gasteiger partial charge in [-0.3, -0.25) is 5.32 Å². The van der Waals surface area contributed by atoms with Crippen LogP contribution < -0.4 is 14.9 Å². The average Bonchev–Trinajstić information content (AvgIpc) is 2.56. The molecule has 0 aliphatic carbocycles. The zero-order valence-electron chi connectivity index (χ0n) is 13.6. The number of hydrogen-bond donors (Lipinski definition) is 1. The van der Waals surface area contributed by atoms with E-state index in [1.165, 1.54) is 0 Å². The van der Waals surface area contributed by atoms with Crippen LogP contribution in [0.3, 0.4) is 0 Å². The summed E-state index contributed by atoms with van der Waals surface area (Å²) >= 11 is 0. The van der Waals surface area contributed by atoms with E-state index in [4.69, 9.17) is 0 Å². The lowest BCUT2D eigenvalue weighted by Gasteiger charge is -2.09. The minimum absolute atomic E-state index is 0.0483. The van der Waals surface area contributed by atoms with Crippen LogP contribution in [0.25, 0.3) is 11.0 Å². The summed E-state index contributed by atoms with van der Waals surface area (Å²) in [5.74, 6) is 0.0483. The number of benzene rings is 1. The van der Waals surface area contributed by atoms with E-state index in [9.17, 15) is 10.4 Å². The van der Waals surface area contributed by atoms with Crippen molar-refractivity contribution in [1.29, 1.82) is 0 Å². The lowest BCUT2D eigenvalue weighted by atomic mass is 10.3. The summed E-state index contributed by atoms with van der Waals surface area (Å²) in [6.07, 6.45) is 1.93. The maximum Gasteiger partial charge on any atom is 0.460 e. The van der Waals surface area contributed by atoms with Crippen LogP contribution in [0.5, 0.6) is 0 Å². The number of anilines is 1. The van der Waals surface area contributed by atoms with Crippen LogP contribution in [0.4, 0.5) is 5.95 Å². The Morgan fingerprint density at radius 1 is 1.05 bits per heavy atom. The molecule has 6 nitrogen and oxygen atoms in total. The van der Waals surface area contributed by atoms with E-state index >= 15 is 0 Å². The monoisotopic (exact) mass is 294 g/mol. The lowest BCUT2D eigenvalue weighted by molar-refractivity contribution is -0.672. The van der Waals surface area contributed by atoms with Gasteiger partial charge < -0.3 is 10.4 Å². The summed E-state index contributed by atoms with van der Waals surface area (Å²) in [5, 5.41) is 30.1. The molecular formula is C15H26N4O2. The van der Waals surface area contributed by atoms with E-state index in [0.717, 1.165) is 12.8 Å². The summed E-state index contributed by atoms with van der Waals surface area (Å²) in [5.41, 5.74) is 0.583. The van der Waals surface area contributed by atoms with E-state index in [1.54, 1.807) is 24.3 Å². The molecule has 0 radical (unpaired) electrons. The topological polar surface area (TPSA) is 78.8 Å². The summed E-state index contributed by atoms with van der Waals surface area (Å²) < 4.78 is 0.652. The van der Waals surface area contributed by atoms with Crippen LogP contribution in [-0.2, 0) is 0 Å². The molecule has 0 fully saturated rings. The average molecular weight is 294 g/mol. The summed E-state index contributed by atoms with van der Waals surface area (Å²) in [4.78, 5) is 0.470. The molecule has 1 heterocycles. The van der Waals surface area contributed by atoms with Crippen molar-refractivity contribution in [2.75, 3.05) is 11.9 Å². The Balaban J connectivity index is 0.000000921. The van der Waals surface area contributed by atoms with Crippen molar-refractivity contribution < 1.29 is 9.58 Å². The Labute approximate surface area is 126 Å². The lowest BCUT2D eigenvalue weighted by Crippen LogP contribution is -2.44. The number of hydrogen-bond acceptors (Lipinski definition) is 4. The van der Waals surface area contributed by atoms with Crippen molar-refractivity contribution >= 4 is 17.0 Å². The van der Waals surface area contributed by atoms with Crippen molar-refractivity contribution in [3.8, 4) is 0 Å². The zero-order chi connectivity index (χ0) is 16.3. The Morgan fingerprint density at radius 2 is 1.62 bits per heavy atom. The molecular weight excluding hydrogens is 268 g/mol. The molecule has 0 aliphatic rings. The maximum atomic E-state index is 11.9. The summed E-state index contributed by atoms with van der Waals surface area (Å²) in [7, 11) is 0.